The Hall–Kier alpha value is -4.50. The van der Waals surface area contributed by atoms with Crippen molar-refractivity contribution in [3.8, 4) is 23.0 Å². The Morgan fingerprint density at radius 1 is 0.725 bits per heavy atom. The van der Waals surface area contributed by atoms with E-state index in [-0.39, 0.29) is 17.4 Å². The van der Waals surface area contributed by atoms with Crippen LogP contribution in [0.25, 0.3) is 21.5 Å². The summed E-state index contributed by atoms with van der Waals surface area (Å²) in [5, 5.41) is 25.9. The molecule has 40 heavy (non-hydrogen) atoms. The molecule has 0 aromatic heterocycles. The van der Waals surface area contributed by atoms with Crippen LogP contribution in [-0.2, 0) is 19.3 Å². The number of ether oxygens (including phenoxy) is 1. The Morgan fingerprint density at radius 3 is 1.68 bits per heavy atom. The van der Waals surface area contributed by atoms with E-state index in [1.165, 1.54) is 5.56 Å². The van der Waals surface area contributed by atoms with E-state index in [4.69, 9.17) is 4.74 Å². The second kappa shape index (κ2) is 10.2. The summed E-state index contributed by atoms with van der Waals surface area (Å²) in [6.07, 6.45) is 5.82. The molecule has 0 unspecified atom stereocenters. The topological polar surface area (TPSA) is 49.7 Å². The van der Waals surface area contributed by atoms with Crippen molar-refractivity contribution >= 4 is 21.5 Å². The number of allylic oxidation sites excluding steroid dienone is 2. The summed E-state index contributed by atoms with van der Waals surface area (Å²) in [5.74, 6) is 2.47. The minimum absolute atomic E-state index is 0.159. The fraction of sp³-hybridized carbons (Fsp3) is 0.189. The molecule has 1 aliphatic heterocycles. The van der Waals surface area contributed by atoms with Crippen LogP contribution in [0.15, 0.2) is 98.1 Å². The van der Waals surface area contributed by atoms with Gasteiger partial charge in [-0.1, -0.05) is 62.4 Å². The van der Waals surface area contributed by atoms with Gasteiger partial charge in [-0.2, -0.15) is 0 Å². The summed E-state index contributed by atoms with van der Waals surface area (Å²) in [6.45, 7) is 12.2. The molecular formula is C37H34O3. The SMILES string of the molecule is C=CCc1cc2ccc3c(c2cc1O)C(c1ccc(CC(C)C)cc1)c1c(ccc2cc(CC=C)c(O)cc12)O3. The smallest absolute Gasteiger partial charge is 0.132 e. The predicted molar refractivity (Wildman–Crippen MR) is 165 cm³/mol. The average molecular weight is 527 g/mol. The Bertz CT molecular complexity index is 1670. The normalized spacial score (nSPS) is 12.8. The summed E-state index contributed by atoms with van der Waals surface area (Å²) in [6, 6.07) is 24.9. The highest BCUT2D eigenvalue weighted by Gasteiger charge is 2.33. The first-order valence-corrected chi connectivity index (χ1v) is 13.9. The fourth-order valence-corrected chi connectivity index (χ4v) is 6.15. The van der Waals surface area contributed by atoms with Crippen molar-refractivity contribution in [2.24, 2.45) is 5.92 Å². The lowest BCUT2D eigenvalue weighted by molar-refractivity contribution is 0.455. The largest absolute Gasteiger partial charge is 0.508 e. The molecule has 5 aromatic carbocycles. The van der Waals surface area contributed by atoms with Gasteiger partial charge in [0.15, 0.2) is 0 Å². The van der Waals surface area contributed by atoms with Crippen molar-refractivity contribution in [2.75, 3.05) is 0 Å². The van der Waals surface area contributed by atoms with E-state index in [2.05, 4.69) is 63.4 Å². The van der Waals surface area contributed by atoms with Crippen molar-refractivity contribution in [1.82, 2.24) is 0 Å². The fourth-order valence-electron chi connectivity index (χ4n) is 6.15. The van der Waals surface area contributed by atoms with Crippen LogP contribution in [0.5, 0.6) is 23.0 Å². The van der Waals surface area contributed by atoms with Crippen LogP contribution in [0.3, 0.4) is 0 Å². The lowest BCUT2D eigenvalue weighted by Gasteiger charge is -2.31. The molecule has 0 saturated carbocycles. The van der Waals surface area contributed by atoms with E-state index in [9.17, 15) is 10.2 Å². The van der Waals surface area contributed by atoms with Crippen molar-refractivity contribution in [3.63, 3.8) is 0 Å². The Kier molecular flexibility index (Phi) is 6.59. The molecule has 0 saturated heterocycles. The molecule has 6 rings (SSSR count). The molecule has 1 aliphatic rings. The highest BCUT2D eigenvalue weighted by Crippen LogP contribution is 2.53. The number of hydrogen-bond acceptors (Lipinski definition) is 3. The van der Waals surface area contributed by atoms with Gasteiger partial charge in [-0.3, -0.25) is 0 Å². The molecule has 0 aliphatic carbocycles. The zero-order chi connectivity index (χ0) is 28.0. The highest BCUT2D eigenvalue weighted by molar-refractivity contribution is 5.96. The average Bonchev–Trinajstić information content (AvgIpc) is 2.93. The van der Waals surface area contributed by atoms with E-state index < -0.39 is 0 Å². The number of phenols is 2. The minimum Gasteiger partial charge on any atom is -0.508 e. The molecule has 200 valence electrons. The maximum absolute atomic E-state index is 11.0. The standard InChI is InChI=1S/C37H34O3/c1-5-7-27-18-25-13-15-33-36(29(25)20-31(27)38)35(24-11-9-23(10-12-24)17-22(3)4)37-30-21-32(39)28(8-6-2)19-26(30)14-16-34(37)40-33/h5-6,9-16,18-22,35,38-39H,1-2,7-8,17H2,3-4H3. The van der Waals surface area contributed by atoms with E-state index in [0.29, 0.717) is 18.8 Å². The first-order chi connectivity index (χ1) is 19.4. The number of rotatable bonds is 7. The molecule has 0 spiro atoms. The van der Waals surface area contributed by atoms with Crippen LogP contribution in [-0.4, -0.2) is 10.2 Å². The number of fused-ring (bicyclic) bond motifs is 6. The van der Waals surface area contributed by atoms with Crippen molar-refractivity contribution in [2.45, 2.75) is 39.0 Å². The number of aromatic hydroxyl groups is 2. The third kappa shape index (κ3) is 4.42. The zero-order valence-electron chi connectivity index (χ0n) is 23.1. The number of phenolic OH excluding ortho intramolecular Hbond substituents is 2. The Balaban J connectivity index is 1.64. The monoisotopic (exact) mass is 526 g/mol. The van der Waals surface area contributed by atoms with E-state index in [0.717, 1.165) is 67.3 Å². The number of hydrogen-bond donors (Lipinski definition) is 2. The lowest BCUT2D eigenvalue weighted by atomic mass is 9.78. The molecule has 3 heteroatoms. The lowest BCUT2D eigenvalue weighted by Crippen LogP contribution is -2.13. The zero-order valence-corrected chi connectivity index (χ0v) is 23.1. The molecule has 2 N–H and O–H groups in total. The number of benzene rings is 5. The third-order valence-corrected chi connectivity index (χ3v) is 7.92. The van der Waals surface area contributed by atoms with Crippen LogP contribution < -0.4 is 4.74 Å². The van der Waals surface area contributed by atoms with Gasteiger partial charge in [0.2, 0.25) is 0 Å². The third-order valence-electron chi connectivity index (χ3n) is 7.92. The second-order valence-electron chi connectivity index (χ2n) is 11.2. The van der Waals surface area contributed by atoms with Gasteiger partial charge < -0.3 is 14.9 Å². The van der Waals surface area contributed by atoms with Crippen LogP contribution in [0.4, 0.5) is 0 Å². The van der Waals surface area contributed by atoms with Gasteiger partial charge >= 0.3 is 0 Å². The molecule has 1 heterocycles. The molecule has 3 nitrogen and oxygen atoms in total. The summed E-state index contributed by atoms with van der Waals surface area (Å²) < 4.78 is 6.56. The molecule has 0 bridgehead atoms. The quantitative estimate of drug-likeness (QED) is 0.204. The first-order valence-electron chi connectivity index (χ1n) is 13.9. The van der Waals surface area contributed by atoms with Gasteiger partial charge in [0.1, 0.15) is 23.0 Å². The maximum Gasteiger partial charge on any atom is 0.132 e. The molecule has 5 aromatic rings. The maximum atomic E-state index is 11.0. The van der Waals surface area contributed by atoms with Gasteiger partial charge in [-0.15, -0.1) is 13.2 Å². The minimum atomic E-state index is -0.159. The van der Waals surface area contributed by atoms with Crippen LogP contribution >= 0.6 is 0 Å². The van der Waals surface area contributed by atoms with E-state index in [1.54, 1.807) is 12.2 Å². The van der Waals surface area contributed by atoms with Crippen molar-refractivity contribution in [3.05, 3.63) is 131 Å². The van der Waals surface area contributed by atoms with Crippen molar-refractivity contribution < 1.29 is 14.9 Å². The van der Waals surface area contributed by atoms with Crippen LogP contribution in [0, 0.1) is 5.92 Å². The van der Waals surface area contributed by atoms with Gasteiger partial charge in [0, 0.05) is 17.0 Å². The summed E-state index contributed by atoms with van der Waals surface area (Å²) in [5.41, 5.74) is 6.18. The van der Waals surface area contributed by atoms with Gasteiger partial charge in [-0.25, -0.2) is 0 Å². The van der Waals surface area contributed by atoms with Gasteiger partial charge in [0.05, 0.1) is 0 Å². The summed E-state index contributed by atoms with van der Waals surface area (Å²) in [7, 11) is 0. The first kappa shape index (κ1) is 25.8. The van der Waals surface area contributed by atoms with E-state index >= 15 is 0 Å². The molecule has 0 fully saturated rings. The van der Waals surface area contributed by atoms with Crippen LogP contribution in [0.2, 0.25) is 0 Å². The molecule has 0 atom stereocenters. The summed E-state index contributed by atoms with van der Waals surface area (Å²) in [4.78, 5) is 0. The Labute approximate surface area is 235 Å². The van der Waals surface area contributed by atoms with Crippen molar-refractivity contribution in [1.29, 1.82) is 0 Å². The second-order valence-corrected chi connectivity index (χ2v) is 11.2. The predicted octanol–water partition coefficient (Wildman–Crippen LogP) is 9.35. The molecule has 0 amide bonds. The van der Waals surface area contributed by atoms with Gasteiger partial charge in [-0.05, 0) is 105 Å². The van der Waals surface area contributed by atoms with E-state index in [1.807, 2.05) is 36.4 Å². The molecule has 0 radical (unpaired) electrons. The van der Waals surface area contributed by atoms with Crippen LogP contribution in [0.1, 0.15) is 53.1 Å². The Morgan fingerprint density at radius 2 is 1.23 bits per heavy atom. The molecular weight excluding hydrogens is 492 g/mol. The van der Waals surface area contributed by atoms with Gasteiger partial charge in [0.25, 0.3) is 0 Å². The summed E-state index contributed by atoms with van der Waals surface area (Å²) >= 11 is 0. The highest BCUT2D eigenvalue weighted by atomic mass is 16.5.